The topological polar surface area (TPSA) is 49.3 Å². The molecule has 0 N–H and O–H groups in total. The van der Waals surface area contributed by atoms with Crippen molar-refractivity contribution in [3.05, 3.63) is 0 Å². The molecule has 0 aromatic rings. The highest BCUT2D eigenvalue weighted by atomic mass is 16.5. The fourth-order valence-corrected chi connectivity index (χ4v) is 7.67. The molecule has 0 spiro atoms. The Balaban J connectivity index is 4.50. The molecule has 1 atom stereocenters. The summed E-state index contributed by atoms with van der Waals surface area (Å²) >= 11 is 0. The zero-order chi connectivity index (χ0) is 40.6. The Labute approximate surface area is 346 Å². The van der Waals surface area contributed by atoms with Crippen molar-refractivity contribution in [2.24, 2.45) is 4.99 Å². The fourth-order valence-electron chi connectivity index (χ4n) is 7.67. The second-order valence-corrected chi connectivity index (χ2v) is 17.8. The third kappa shape index (κ3) is 36.3. The Morgan fingerprint density at radius 3 is 1.33 bits per heavy atom. The van der Waals surface area contributed by atoms with Gasteiger partial charge in [0.15, 0.2) is 0 Å². The van der Waals surface area contributed by atoms with Gasteiger partial charge in [0, 0.05) is 39.0 Å². The Morgan fingerprint density at radius 1 is 0.527 bits per heavy atom. The molecule has 0 bridgehead atoms. The zero-order valence-corrected chi connectivity index (χ0v) is 39.0. The van der Waals surface area contributed by atoms with Crippen LogP contribution in [0.5, 0.6) is 0 Å². The first-order valence-electron chi connectivity index (χ1n) is 24.7. The summed E-state index contributed by atoms with van der Waals surface area (Å²) in [5.74, 6) is 0. The molecule has 0 aliphatic rings. The van der Waals surface area contributed by atoms with Gasteiger partial charge in [0.25, 0.3) is 0 Å². The van der Waals surface area contributed by atoms with Crippen molar-refractivity contribution in [2.75, 3.05) is 40.1 Å². The number of nitrogens with zero attached hydrogens (tertiary/aromatic N) is 1. The predicted octanol–water partition coefficient (Wildman–Crippen LogP) is 16.0. The van der Waals surface area contributed by atoms with Crippen LogP contribution in [0.25, 0.3) is 0 Å². The highest BCUT2D eigenvalue weighted by Crippen LogP contribution is 2.27. The van der Waals surface area contributed by atoms with Crippen LogP contribution in [-0.4, -0.2) is 63.1 Å². The van der Waals surface area contributed by atoms with Crippen LogP contribution in [0.15, 0.2) is 4.99 Å². The number of hydrogen-bond donors (Lipinski definition) is 0. The first-order valence-corrected chi connectivity index (χ1v) is 24.7. The smallest absolute Gasteiger partial charge is 0.0826 e. The van der Waals surface area contributed by atoms with Crippen LogP contribution in [0.4, 0.5) is 0 Å². The first kappa shape index (κ1) is 54.5. The molecule has 1 unspecified atom stereocenters. The quantitative estimate of drug-likeness (QED) is 0.0456. The number of unbranched alkanes of at least 4 members (excludes halogenated alkanes) is 26. The van der Waals surface area contributed by atoms with Crippen molar-refractivity contribution in [1.29, 1.82) is 0 Å². The number of ether oxygens (including phenoxy) is 4. The van der Waals surface area contributed by atoms with Gasteiger partial charge in [-0.1, -0.05) is 195 Å². The van der Waals surface area contributed by atoms with Gasteiger partial charge in [-0.05, 0) is 59.3 Å². The summed E-state index contributed by atoms with van der Waals surface area (Å²) in [7, 11) is 1.78. The summed E-state index contributed by atoms with van der Waals surface area (Å²) in [5, 5.41) is 0. The van der Waals surface area contributed by atoms with Crippen LogP contribution in [-0.2, 0) is 18.9 Å². The monoisotopic (exact) mass is 780 g/mol. The molecule has 0 amide bonds. The molecule has 0 fully saturated rings. The van der Waals surface area contributed by atoms with Crippen LogP contribution in [0.1, 0.15) is 260 Å². The van der Waals surface area contributed by atoms with Crippen LogP contribution >= 0.6 is 0 Å². The summed E-state index contributed by atoms with van der Waals surface area (Å²) in [4.78, 5) is 5.04. The molecule has 0 saturated carbocycles. The van der Waals surface area contributed by atoms with Crippen molar-refractivity contribution in [3.63, 3.8) is 0 Å². The molecule has 0 saturated heterocycles. The maximum atomic E-state index is 6.54. The van der Waals surface area contributed by atoms with Crippen LogP contribution < -0.4 is 0 Å². The lowest BCUT2D eigenvalue weighted by Crippen LogP contribution is -2.36. The van der Waals surface area contributed by atoms with E-state index in [2.05, 4.69) is 48.5 Å². The van der Waals surface area contributed by atoms with Gasteiger partial charge in [0.1, 0.15) is 0 Å². The maximum Gasteiger partial charge on any atom is 0.0826 e. The second-order valence-electron chi connectivity index (χ2n) is 17.8. The fraction of sp³-hybridized carbons (Fsp3) is 0.980. The molecule has 0 radical (unpaired) electrons. The SMILES string of the molecule is CCCCCCCCCCCCCCCCOCC(CCN=C(C)CC(CC)(CC)OCCC(C)(C)OC)OCCCCCCCCCCCCCCCC. The molecule has 55 heavy (non-hydrogen) atoms. The second kappa shape index (κ2) is 40.3. The van der Waals surface area contributed by atoms with Crippen LogP contribution in [0.2, 0.25) is 0 Å². The highest BCUT2D eigenvalue weighted by Gasteiger charge is 2.29. The van der Waals surface area contributed by atoms with E-state index in [4.69, 9.17) is 23.9 Å². The first-order chi connectivity index (χ1) is 26.8. The maximum absolute atomic E-state index is 6.54. The number of aliphatic imine (C=N–C) groups is 1. The molecular formula is C50H101NO4. The van der Waals surface area contributed by atoms with E-state index in [1.807, 2.05) is 0 Å². The molecular weight excluding hydrogens is 679 g/mol. The van der Waals surface area contributed by atoms with Gasteiger partial charge >= 0.3 is 0 Å². The summed E-state index contributed by atoms with van der Waals surface area (Å²) in [6.45, 7) is 19.4. The summed E-state index contributed by atoms with van der Waals surface area (Å²) < 4.78 is 24.8. The van der Waals surface area contributed by atoms with E-state index in [1.54, 1.807) is 7.11 Å². The Morgan fingerprint density at radius 2 is 0.927 bits per heavy atom. The van der Waals surface area contributed by atoms with E-state index in [0.717, 1.165) is 58.3 Å². The highest BCUT2D eigenvalue weighted by molar-refractivity contribution is 5.82. The lowest BCUT2D eigenvalue weighted by molar-refractivity contribution is -0.0755. The summed E-state index contributed by atoms with van der Waals surface area (Å²) in [6, 6.07) is 0. The minimum Gasteiger partial charge on any atom is -0.379 e. The third-order valence-corrected chi connectivity index (χ3v) is 12.2. The molecule has 0 aliphatic carbocycles. The molecule has 5 heteroatoms. The molecule has 0 aliphatic heterocycles. The van der Waals surface area contributed by atoms with Crippen molar-refractivity contribution in [2.45, 2.75) is 278 Å². The molecule has 0 rings (SSSR count). The van der Waals surface area contributed by atoms with E-state index >= 15 is 0 Å². The van der Waals surface area contributed by atoms with Gasteiger partial charge in [-0.25, -0.2) is 0 Å². The van der Waals surface area contributed by atoms with Gasteiger partial charge in [0.05, 0.1) is 30.5 Å². The van der Waals surface area contributed by atoms with Gasteiger partial charge in [0.2, 0.25) is 0 Å². The zero-order valence-electron chi connectivity index (χ0n) is 39.0. The number of rotatable bonds is 45. The van der Waals surface area contributed by atoms with Crippen molar-refractivity contribution in [1.82, 2.24) is 0 Å². The number of hydrogen-bond acceptors (Lipinski definition) is 5. The minimum atomic E-state index is -0.160. The van der Waals surface area contributed by atoms with Gasteiger partial charge in [-0.15, -0.1) is 0 Å². The van der Waals surface area contributed by atoms with E-state index in [9.17, 15) is 0 Å². The summed E-state index contributed by atoms with van der Waals surface area (Å²) in [5.41, 5.74) is 0.869. The summed E-state index contributed by atoms with van der Waals surface area (Å²) in [6.07, 6.45) is 43.5. The van der Waals surface area contributed by atoms with Crippen molar-refractivity contribution >= 4 is 5.71 Å². The lowest BCUT2D eigenvalue weighted by atomic mass is 9.90. The van der Waals surface area contributed by atoms with E-state index in [-0.39, 0.29) is 17.3 Å². The molecule has 0 aromatic heterocycles. The Hall–Kier alpha value is -0.490. The van der Waals surface area contributed by atoms with E-state index in [1.165, 1.54) is 179 Å². The normalized spacial score (nSPS) is 13.3. The van der Waals surface area contributed by atoms with Crippen LogP contribution in [0.3, 0.4) is 0 Å². The largest absolute Gasteiger partial charge is 0.379 e. The lowest BCUT2D eigenvalue weighted by Gasteiger charge is -2.34. The predicted molar refractivity (Wildman–Crippen MR) is 243 cm³/mol. The third-order valence-electron chi connectivity index (χ3n) is 12.2. The Bertz CT molecular complexity index is 795. The number of methoxy groups -OCH3 is 1. The van der Waals surface area contributed by atoms with E-state index in [0.29, 0.717) is 13.2 Å². The van der Waals surface area contributed by atoms with E-state index < -0.39 is 0 Å². The van der Waals surface area contributed by atoms with Crippen molar-refractivity contribution in [3.8, 4) is 0 Å². The standard InChI is InChI=1S/C50H101NO4/c1-9-13-15-17-19-21-23-25-27-29-31-33-35-37-42-53-46-48(54-43-38-36-34-32-30-28-26-24-22-20-18-16-14-10-2)39-41-51-47(5)45-50(11-3,12-4)55-44-40-49(6,7)52-8/h48H,9-46H2,1-8H3. The minimum absolute atomic E-state index is 0.125. The molecule has 330 valence electrons. The molecule has 0 aromatic carbocycles. The van der Waals surface area contributed by atoms with Gasteiger partial charge in [-0.3, -0.25) is 4.99 Å². The van der Waals surface area contributed by atoms with Crippen molar-refractivity contribution < 1.29 is 18.9 Å². The average Bonchev–Trinajstić information content (AvgIpc) is 3.18. The average molecular weight is 780 g/mol. The van der Waals surface area contributed by atoms with Gasteiger partial charge in [-0.2, -0.15) is 0 Å². The Kier molecular flexibility index (Phi) is 39.9. The molecule has 0 heterocycles. The molecule has 5 nitrogen and oxygen atoms in total. The van der Waals surface area contributed by atoms with Crippen LogP contribution in [0, 0.1) is 0 Å². The van der Waals surface area contributed by atoms with Gasteiger partial charge < -0.3 is 18.9 Å².